The predicted molar refractivity (Wildman–Crippen MR) is 150 cm³/mol. The van der Waals surface area contributed by atoms with E-state index >= 15 is 0 Å². The highest BCUT2D eigenvalue weighted by Crippen LogP contribution is 2.18. The van der Waals surface area contributed by atoms with Gasteiger partial charge in [-0.25, -0.2) is 28.8 Å². The fourth-order valence-corrected chi connectivity index (χ4v) is 1.28. The van der Waals surface area contributed by atoms with E-state index in [-0.39, 0.29) is 33.0 Å². The molecule has 238 valence electrons. The molecule has 0 aromatic carbocycles. The van der Waals surface area contributed by atoms with Gasteiger partial charge in [0.1, 0.15) is 13.2 Å². The molecule has 0 heterocycles. The monoisotopic (exact) mass is 604 g/mol. The molecule has 0 bridgehead atoms. The number of carboxylic acids is 3. The normalized spacial score (nSPS) is 8.79. The molecular formula is C27H40O15. The fraction of sp³-hybridized carbons (Fsp3) is 0.333. The third-order valence-electron chi connectivity index (χ3n) is 3.89. The topological polar surface area (TPSA) is 251 Å². The highest BCUT2D eigenvalue weighted by atomic mass is 16.6. The van der Waals surface area contributed by atoms with Crippen molar-refractivity contribution in [2.75, 3.05) is 33.0 Å². The van der Waals surface area contributed by atoms with E-state index in [9.17, 15) is 28.8 Å². The molecule has 0 saturated heterocycles. The maximum Gasteiger partial charge on any atom is 0.330 e. The molecule has 15 nitrogen and oxygen atoms in total. The Hall–Kier alpha value is -4.86. The van der Waals surface area contributed by atoms with Gasteiger partial charge >= 0.3 is 35.8 Å². The lowest BCUT2D eigenvalue weighted by atomic mass is 9.88. The van der Waals surface area contributed by atoms with Crippen LogP contribution in [0.3, 0.4) is 0 Å². The van der Waals surface area contributed by atoms with Crippen molar-refractivity contribution in [2.24, 2.45) is 5.41 Å². The van der Waals surface area contributed by atoms with Crippen LogP contribution in [-0.4, -0.2) is 106 Å². The van der Waals surface area contributed by atoms with Gasteiger partial charge in [0.2, 0.25) is 0 Å². The maximum atomic E-state index is 11.0. The minimum Gasteiger partial charge on any atom is -0.478 e. The van der Waals surface area contributed by atoms with Crippen molar-refractivity contribution >= 4 is 35.8 Å². The predicted octanol–water partition coefficient (Wildman–Crippen LogP) is 0.673. The summed E-state index contributed by atoms with van der Waals surface area (Å²) in [5.74, 6) is -5.02. The van der Waals surface area contributed by atoms with Crippen LogP contribution in [0.2, 0.25) is 0 Å². The molecule has 0 aliphatic rings. The lowest BCUT2D eigenvalue weighted by Gasteiger charge is -2.24. The summed E-state index contributed by atoms with van der Waals surface area (Å²) in [6.45, 7) is 19.4. The number of carbonyl (C=O) groups is 6. The highest BCUT2D eigenvalue weighted by molar-refractivity contribution is 5.83. The van der Waals surface area contributed by atoms with Crippen LogP contribution in [0.4, 0.5) is 0 Å². The molecule has 0 atom stereocenters. The smallest absolute Gasteiger partial charge is 0.330 e. The van der Waals surface area contributed by atoms with Gasteiger partial charge in [0, 0.05) is 41.9 Å². The number of aliphatic hydroxyl groups is 3. The second-order valence-electron chi connectivity index (χ2n) is 6.89. The molecule has 0 fully saturated rings. The van der Waals surface area contributed by atoms with Crippen LogP contribution in [0, 0.1) is 5.41 Å². The molecule has 0 rings (SSSR count). The minimum atomic E-state index is -0.981. The van der Waals surface area contributed by atoms with E-state index in [0.717, 1.165) is 36.5 Å². The summed E-state index contributed by atoms with van der Waals surface area (Å²) in [4.78, 5) is 60.4. The Bertz CT molecular complexity index is 802. The van der Waals surface area contributed by atoms with Crippen LogP contribution in [0.5, 0.6) is 0 Å². The summed E-state index contributed by atoms with van der Waals surface area (Å²) >= 11 is 0. The third kappa shape index (κ3) is 37.3. The van der Waals surface area contributed by atoms with Crippen molar-refractivity contribution in [3.63, 3.8) is 0 Å². The van der Waals surface area contributed by atoms with Crippen LogP contribution in [0.1, 0.15) is 13.3 Å². The third-order valence-corrected chi connectivity index (χ3v) is 3.89. The molecule has 0 saturated carbocycles. The molecule has 0 unspecified atom stereocenters. The summed E-state index contributed by atoms with van der Waals surface area (Å²) in [6, 6.07) is 0. The second-order valence-corrected chi connectivity index (χ2v) is 6.89. The van der Waals surface area contributed by atoms with E-state index in [1.54, 1.807) is 0 Å². The van der Waals surface area contributed by atoms with Crippen molar-refractivity contribution in [3.05, 3.63) is 75.9 Å². The molecule has 0 aliphatic heterocycles. The van der Waals surface area contributed by atoms with Crippen molar-refractivity contribution in [2.45, 2.75) is 19.4 Å². The molecule has 15 heteroatoms. The van der Waals surface area contributed by atoms with Gasteiger partial charge in [0.05, 0.1) is 19.8 Å². The summed E-state index contributed by atoms with van der Waals surface area (Å²) in [6.07, 6.45) is 5.04. The van der Waals surface area contributed by atoms with E-state index in [1.165, 1.54) is 0 Å². The van der Waals surface area contributed by atoms with E-state index in [4.69, 9.17) is 35.4 Å². The number of ether oxygens (including phenoxy) is 3. The first-order chi connectivity index (χ1) is 19.6. The van der Waals surface area contributed by atoms with Crippen LogP contribution in [0.15, 0.2) is 75.9 Å². The Morgan fingerprint density at radius 2 is 0.857 bits per heavy atom. The molecule has 0 spiro atoms. The zero-order chi connectivity index (χ0) is 34.1. The number of hydrogen-bond donors (Lipinski definition) is 6. The Morgan fingerprint density at radius 1 is 0.595 bits per heavy atom. The van der Waals surface area contributed by atoms with Gasteiger partial charge in [-0.15, -0.1) is 0 Å². The molecule has 6 N–H and O–H groups in total. The summed E-state index contributed by atoms with van der Waals surface area (Å²) in [5, 5.41) is 48.8. The van der Waals surface area contributed by atoms with Gasteiger partial charge in [0.25, 0.3) is 0 Å². The van der Waals surface area contributed by atoms with Crippen molar-refractivity contribution in [1.82, 2.24) is 0 Å². The largest absolute Gasteiger partial charge is 0.478 e. The van der Waals surface area contributed by atoms with Crippen molar-refractivity contribution in [3.8, 4) is 0 Å². The maximum absolute atomic E-state index is 11.0. The first-order valence-corrected chi connectivity index (χ1v) is 11.4. The summed E-state index contributed by atoms with van der Waals surface area (Å²) in [5.41, 5.74) is -0.667. The van der Waals surface area contributed by atoms with Crippen LogP contribution in [-0.2, 0) is 43.0 Å². The zero-order valence-electron chi connectivity index (χ0n) is 23.4. The lowest BCUT2D eigenvalue weighted by molar-refractivity contribution is -0.160. The van der Waals surface area contributed by atoms with Gasteiger partial charge in [-0.1, -0.05) is 46.4 Å². The lowest BCUT2D eigenvalue weighted by Crippen LogP contribution is -2.32. The molecule has 0 aromatic heterocycles. The molecule has 0 aliphatic carbocycles. The Labute approximate surface area is 243 Å². The van der Waals surface area contributed by atoms with Gasteiger partial charge in [-0.05, 0) is 6.42 Å². The van der Waals surface area contributed by atoms with Gasteiger partial charge < -0.3 is 44.8 Å². The molecule has 42 heavy (non-hydrogen) atoms. The quantitative estimate of drug-likeness (QED) is 0.0853. The number of esters is 3. The molecule has 0 amide bonds. The van der Waals surface area contributed by atoms with E-state index in [2.05, 4.69) is 48.9 Å². The second kappa shape index (κ2) is 32.4. The zero-order valence-corrected chi connectivity index (χ0v) is 23.4. The van der Waals surface area contributed by atoms with E-state index in [0.29, 0.717) is 6.42 Å². The van der Waals surface area contributed by atoms with Gasteiger partial charge in [-0.3, -0.25) is 0 Å². The Kier molecular flexibility index (Phi) is 36.2. The Morgan fingerprint density at radius 3 is 1.00 bits per heavy atom. The van der Waals surface area contributed by atoms with Gasteiger partial charge in [-0.2, -0.15) is 0 Å². The molecule has 0 radical (unpaired) electrons. The molecule has 0 aromatic rings. The number of aliphatic carboxylic acids is 3. The van der Waals surface area contributed by atoms with Crippen molar-refractivity contribution in [1.29, 1.82) is 0 Å². The average molecular weight is 605 g/mol. The van der Waals surface area contributed by atoms with Crippen LogP contribution in [0.25, 0.3) is 0 Å². The first-order valence-electron chi connectivity index (χ1n) is 11.4. The van der Waals surface area contributed by atoms with E-state index in [1.807, 2.05) is 6.92 Å². The summed E-state index contributed by atoms with van der Waals surface area (Å²) < 4.78 is 14.2. The standard InChI is InChI=1S/C12H14O6.C6H14O3.3C3H4O2/c1-4-10(13)16-7-9(18-12(15)6-3)8-17-11(14)5-2;1-2-6(3-7,4-8)5-9;3*1-2-3(4)5/h4-6,9H,1-3,7-8H2;7-9H,2-5H2,1H3;3*2H,1H2,(H,4,5). The number of carboxylic acid groups (broad SMARTS) is 3. The number of hydrogen-bond acceptors (Lipinski definition) is 12. The van der Waals surface area contributed by atoms with E-state index < -0.39 is 47.3 Å². The Balaban J connectivity index is -0.000000157. The first kappa shape index (κ1) is 47.0. The number of aliphatic hydroxyl groups excluding tert-OH is 3. The highest BCUT2D eigenvalue weighted by Gasteiger charge is 2.24. The van der Waals surface area contributed by atoms with Crippen molar-refractivity contribution < 1.29 is 73.6 Å². The summed E-state index contributed by atoms with van der Waals surface area (Å²) in [7, 11) is 0. The number of rotatable bonds is 15. The van der Waals surface area contributed by atoms with Crippen LogP contribution < -0.4 is 0 Å². The minimum absolute atomic E-state index is 0.156. The van der Waals surface area contributed by atoms with Gasteiger partial charge in [0.15, 0.2) is 6.10 Å². The SMILES string of the molecule is C=CC(=O)O.C=CC(=O)O.C=CC(=O)O.C=CC(=O)OCC(COC(=O)C=C)OC(=O)C=C.CCC(CO)(CO)CO. The molecular weight excluding hydrogens is 564 g/mol. The number of carbonyl (C=O) groups excluding carboxylic acids is 3. The van der Waals surface area contributed by atoms with Crippen LogP contribution >= 0.6 is 0 Å². The average Bonchev–Trinajstić information content (AvgIpc) is 3.00. The fourth-order valence-electron chi connectivity index (χ4n) is 1.28.